The van der Waals surface area contributed by atoms with Crippen LogP contribution in [-0.2, 0) is 17.7 Å². The Balaban J connectivity index is 1.27. The predicted octanol–water partition coefficient (Wildman–Crippen LogP) is 4.10. The van der Waals surface area contributed by atoms with Crippen molar-refractivity contribution in [3.8, 4) is 11.1 Å². The molecule has 31 heavy (non-hydrogen) atoms. The average Bonchev–Trinajstić information content (AvgIpc) is 3.34. The molecule has 2 aliphatic heterocycles. The van der Waals surface area contributed by atoms with E-state index in [1.165, 1.54) is 17.8 Å². The van der Waals surface area contributed by atoms with E-state index >= 15 is 0 Å². The molecule has 2 aromatic heterocycles. The molecule has 3 aromatic rings. The number of fused-ring (bicyclic) bond motifs is 3. The number of pyridine rings is 1. The Morgan fingerprint density at radius 3 is 2.48 bits per heavy atom. The molecule has 4 heterocycles. The smallest absolute Gasteiger partial charge is 0.410 e. The molecular weight excluding hydrogens is 390 g/mol. The summed E-state index contributed by atoms with van der Waals surface area (Å²) in [6.45, 7) is 9.52. The van der Waals surface area contributed by atoms with E-state index in [4.69, 9.17) is 14.7 Å². The van der Waals surface area contributed by atoms with Crippen LogP contribution in [0.4, 0.5) is 10.6 Å². The number of ether oxygens (including phenoxy) is 1. The molecule has 2 aliphatic rings. The van der Waals surface area contributed by atoms with Crippen molar-refractivity contribution in [3.63, 3.8) is 0 Å². The second-order valence-electron chi connectivity index (χ2n) is 9.35. The molecule has 0 aliphatic carbocycles. The third-order valence-electron chi connectivity index (χ3n) is 5.95. The molecule has 0 unspecified atom stereocenters. The number of nitrogens with zero attached hydrogens (tertiary/aromatic N) is 5. The molecule has 7 nitrogen and oxygen atoms in total. The minimum atomic E-state index is -0.467. The van der Waals surface area contributed by atoms with Gasteiger partial charge in [-0.2, -0.15) is 0 Å². The number of amides is 1. The third-order valence-corrected chi connectivity index (χ3v) is 5.95. The highest BCUT2D eigenvalue weighted by atomic mass is 16.6. The van der Waals surface area contributed by atoms with Gasteiger partial charge in [0.15, 0.2) is 0 Å². The Morgan fingerprint density at radius 1 is 1.00 bits per heavy atom. The van der Waals surface area contributed by atoms with E-state index in [1.807, 2.05) is 27.0 Å². The van der Waals surface area contributed by atoms with Gasteiger partial charge in [0, 0.05) is 50.9 Å². The fourth-order valence-corrected chi connectivity index (χ4v) is 4.38. The monoisotopic (exact) mass is 419 g/mol. The van der Waals surface area contributed by atoms with Gasteiger partial charge < -0.3 is 19.1 Å². The lowest BCUT2D eigenvalue weighted by Gasteiger charge is -2.36. The number of aryl methyl sites for hydroxylation is 2. The highest BCUT2D eigenvalue weighted by Gasteiger charge is 2.26. The topological polar surface area (TPSA) is 63.5 Å². The normalized spacial score (nSPS) is 16.6. The highest BCUT2D eigenvalue weighted by Crippen LogP contribution is 2.28. The van der Waals surface area contributed by atoms with Crippen molar-refractivity contribution in [3.05, 3.63) is 42.4 Å². The maximum absolute atomic E-state index is 12.3. The van der Waals surface area contributed by atoms with Gasteiger partial charge in [-0.1, -0.05) is 6.07 Å². The fourth-order valence-electron chi connectivity index (χ4n) is 4.38. The Hall–Kier alpha value is -3.09. The summed E-state index contributed by atoms with van der Waals surface area (Å²) in [7, 11) is 0. The molecule has 162 valence electrons. The van der Waals surface area contributed by atoms with Gasteiger partial charge in [-0.05, 0) is 57.0 Å². The Kier molecular flexibility index (Phi) is 4.84. The standard InChI is InChI=1S/C24H29N5O2/c1-24(2,3)31-23(30)28-13-11-27(12-14-28)21-9-7-18(16-25-21)17-6-8-19-20(15-17)29-10-4-5-22(29)26-19/h6-9,15-16H,4-5,10-14H2,1-3H3. The van der Waals surface area contributed by atoms with Crippen LogP contribution in [0.25, 0.3) is 22.2 Å². The van der Waals surface area contributed by atoms with Crippen molar-refractivity contribution < 1.29 is 9.53 Å². The first kappa shape index (κ1) is 19.8. The lowest BCUT2D eigenvalue weighted by Crippen LogP contribution is -2.50. The van der Waals surface area contributed by atoms with Gasteiger partial charge in [-0.3, -0.25) is 0 Å². The summed E-state index contributed by atoms with van der Waals surface area (Å²) in [5.41, 5.74) is 4.09. The number of benzene rings is 1. The fraction of sp³-hybridized carbons (Fsp3) is 0.458. The summed E-state index contributed by atoms with van der Waals surface area (Å²) in [6.07, 6.45) is 3.96. The highest BCUT2D eigenvalue weighted by molar-refractivity contribution is 5.83. The first-order chi connectivity index (χ1) is 14.9. The van der Waals surface area contributed by atoms with Gasteiger partial charge in [-0.15, -0.1) is 0 Å². The number of hydrogen-bond donors (Lipinski definition) is 0. The van der Waals surface area contributed by atoms with Crippen LogP contribution < -0.4 is 4.90 Å². The summed E-state index contributed by atoms with van der Waals surface area (Å²) in [5, 5.41) is 0. The maximum atomic E-state index is 12.3. The van der Waals surface area contributed by atoms with Crippen LogP contribution in [0.1, 0.15) is 33.0 Å². The van der Waals surface area contributed by atoms with Crippen molar-refractivity contribution in [1.82, 2.24) is 19.4 Å². The Bertz CT molecular complexity index is 1110. The molecule has 0 bridgehead atoms. The van der Waals surface area contributed by atoms with Crippen molar-refractivity contribution in [1.29, 1.82) is 0 Å². The summed E-state index contributed by atoms with van der Waals surface area (Å²) >= 11 is 0. The summed E-state index contributed by atoms with van der Waals surface area (Å²) < 4.78 is 7.82. The number of imidazole rings is 1. The SMILES string of the molecule is CC(C)(C)OC(=O)N1CCN(c2ccc(-c3ccc4nc5n(c4c3)CCC5)cn2)CC1. The largest absolute Gasteiger partial charge is 0.444 e. The number of carbonyl (C=O) groups excluding carboxylic acids is 1. The van der Waals surface area contributed by atoms with Gasteiger partial charge in [0.2, 0.25) is 0 Å². The quantitative estimate of drug-likeness (QED) is 0.626. The van der Waals surface area contributed by atoms with E-state index in [2.05, 4.69) is 39.8 Å². The molecule has 1 aromatic carbocycles. The Morgan fingerprint density at radius 2 is 1.77 bits per heavy atom. The van der Waals surface area contributed by atoms with E-state index in [0.29, 0.717) is 13.1 Å². The first-order valence-electron chi connectivity index (χ1n) is 11.1. The molecule has 7 heteroatoms. The van der Waals surface area contributed by atoms with Gasteiger partial charge in [0.1, 0.15) is 17.2 Å². The number of piperazine rings is 1. The molecular formula is C24H29N5O2. The lowest BCUT2D eigenvalue weighted by molar-refractivity contribution is 0.0240. The third kappa shape index (κ3) is 3.96. The number of hydrogen-bond acceptors (Lipinski definition) is 5. The van der Waals surface area contributed by atoms with E-state index in [9.17, 15) is 4.79 Å². The second-order valence-corrected chi connectivity index (χ2v) is 9.35. The zero-order valence-corrected chi connectivity index (χ0v) is 18.5. The van der Waals surface area contributed by atoms with Crippen LogP contribution in [0, 0.1) is 0 Å². The lowest BCUT2D eigenvalue weighted by atomic mass is 10.1. The average molecular weight is 420 g/mol. The van der Waals surface area contributed by atoms with Gasteiger partial charge in [0.05, 0.1) is 11.0 Å². The summed E-state index contributed by atoms with van der Waals surface area (Å²) in [4.78, 5) is 25.7. The van der Waals surface area contributed by atoms with Crippen LogP contribution >= 0.6 is 0 Å². The van der Waals surface area contributed by atoms with Crippen LogP contribution in [0.15, 0.2) is 36.5 Å². The van der Waals surface area contributed by atoms with Gasteiger partial charge in [0.25, 0.3) is 0 Å². The van der Waals surface area contributed by atoms with Crippen LogP contribution in [0.3, 0.4) is 0 Å². The minimum Gasteiger partial charge on any atom is -0.444 e. The number of rotatable bonds is 2. The molecule has 0 saturated carbocycles. The maximum Gasteiger partial charge on any atom is 0.410 e. The molecule has 0 radical (unpaired) electrons. The number of aromatic nitrogens is 3. The molecule has 1 amide bonds. The Labute approximate surface area is 182 Å². The molecule has 5 rings (SSSR count). The molecule has 0 spiro atoms. The first-order valence-corrected chi connectivity index (χ1v) is 11.1. The van der Waals surface area contributed by atoms with Crippen LogP contribution in [-0.4, -0.2) is 57.3 Å². The number of carbonyl (C=O) groups is 1. The van der Waals surface area contributed by atoms with Gasteiger partial charge >= 0.3 is 6.09 Å². The van der Waals surface area contributed by atoms with E-state index in [1.54, 1.807) is 4.90 Å². The zero-order valence-electron chi connectivity index (χ0n) is 18.5. The van der Waals surface area contributed by atoms with Crippen molar-refractivity contribution in [2.45, 2.75) is 45.8 Å². The van der Waals surface area contributed by atoms with Crippen molar-refractivity contribution in [2.75, 3.05) is 31.1 Å². The van der Waals surface area contributed by atoms with Crippen molar-refractivity contribution >= 4 is 22.9 Å². The van der Waals surface area contributed by atoms with Crippen molar-refractivity contribution in [2.24, 2.45) is 0 Å². The van der Waals surface area contributed by atoms with E-state index < -0.39 is 5.60 Å². The zero-order chi connectivity index (χ0) is 21.6. The van der Waals surface area contributed by atoms with Crippen LogP contribution in [0.5, 0.6) is 0 Å². The summed E-state index contributed by atoms with van der Waals surface area (Å²) in [5.74, 6) is 2.14. The van der Waals surface area contributed by atoms with E-state index in [-0.39, 0.29) is 6.09 Å². The predicted molar refractivity (Wildman–Crippen MR) is 121 cm³/mol. The minimum absolute atomic E-state index is 0.239. The molecule has 1 fully saturated rings. The van der Waals surface area contributed by atoms with Crippen LogP contribution in [0.2, 0.25) is 0 Å². The molecule has 0 N–H and O–H groups in total. The molecule has 0 atom stereocenters. The second kappa shape index (κ2) is 7.55. The van der Waals surface area contributed by atoms with Gasteiger partial charge in [-0.25, -0.2) is 14.8 Å². The number of anilines is 1. The van der Waals surface area contributed by atoms with E-state index in [0.717, 1.165) is 48.5 Å². The molecule has 1 saturated heterocycles. The summed E-state index contributed by atoms with van der Waals surface area (Å²) in [6, 6.07) is 10.7.